The van der Waals surface area contributed by atoms with Crippen LogP contribution in [0, 0.1) is 0 Å². The van der Waals surface area contributed by atoms with Crippen molar-refractivity contribution < 1.29 is 38.2 Å². The molecule has 0 aliphatic heterocycles. The van der Waals surface area contributed by atoms with Crippen LogP contribution < -0.4 is 5.11 Å². The summed E-state index contributed by atoms with van der Waals surface area (Å²) in [6.07, 6.45) is 37.2. The zero-order valence-corrected chi connectivity index (χ0v) is 32.5. The average Bonchev–Trinajstić information content (AvgIpc) is 3.06. The van der Waals surface area contributed by atoms with Gasteiger partial charge in [-0.15, -0.1) is 0 Å². The van der Waals surface area contributed by atoms with E-state index in [4.69, 9.17) is 14.2 Å². The number of hydrogen-bond acceptors (Lipinski definition) is 7. The lowest BCUT2D eigenvalue weighted by Crippen LogP contribution is -2.55. The van der Waals surface area contributed by atoms with Crippen LogP contribution in [0.15, 0.2) is 48.6 Å². The van der Waals surface area contributed by atoms with Crippen molar-refractivity contribution in [2.75, 3.05) is 41.0 Å². The molecule has 0 fully saturated rings. The van der Waals surface area contributed by atoms with Gasteiger partial charge in [0.1, 0.15) is 12.6 Å². The van der Waals surface area contributed by atoms with Gasteiger partial charge < -0.3 is 28.6 Å². The Balaban J connectivity index is 4.47. The second-order valence-corrected chi connectivity index (χ2v) is 14.2. The van der Waals surface area contributed by atoms with E-state index < -0.39 is 18.1 Å². The molecule has 50 heavy (non-hydrogen) atoms. The molecule has 0 heterocycles. The molecule has 0 bridgehead atoms. The number of carbonyl (C=O) groups is 3. The quantitative estimate of drug-likeness (QED) is 0.0286. The van der Waals surface area contributed by atoms with Gasteiger partial charge in [-0.25, -0.2) is 0 Å². The predicted molar refractivity (Wildman–Crippen MR) is 203 cm³/mol. The first-order chi connectivity index (χ1) is 24.1. The summed E-state index contributed by atoms with van der Waals surface area (Å²) >= 11 is 0. The number of esters is 2. The highest BCUT2D eigenvalue weighted by Gasteiger charge is 2.25. The summed E-state index contributed by atoms with van der Waals surface area (Å²) in [4.78, 5) is 36.6. The minimum atomic E-state index is -1.13. The van der Waals surface area contributed by atoms with Crippen LogP contribution >= 0.6 is 0 Å². The molecule has 0 aliphatic carbocycles. The van der Waals surface area contributed by atoms with Crippen LogP contribution in [0.3, 0.4) is 0 Å². The number of carboxylic acids is 1. The van der Waals surface area contributed by atoms with E-state index in [-0.39, 0.29) is 49.1 Å². The van der Waals surface area contributed by atoms with Crippen molar-refractivity contribution in [3.8, 4) is 0 Å². The lowest BCUT2D eigenvalue weighted by molar-refractivity contribution is -0.889. The lowest BCUT2D eigenvalue weighted by Gasteiger charge is -2.34. The molecular formula is C42H73NO7. The maximum Gasteiger partial charge on any atom is 0.306 e. The fraction of sp³-hybridized carbons (Fsp3) is 0.738. The molecule has 0 spiro atoms. The number of allylic oxidation sites excluding steroid dienone is 8. The standard InChI is InChI=1S/C42H73NO7/c1-6-8-10-12-14-16-17-18-19-20-21-22-23-25-26-28-30-32-40(44)49-37-38(36-48-35-34-39(42(46)47)43(3,4)5)50-41(45)33-31-29-27-24-15-13-11-9-7-2/h14,16,18-19,21-22,25-26,38-39H,6-13,15,17,20,23-24,27-37H2,1-5H3/b16-14+,19-18+,22-21+,26-25+. The van der Waals surface area contributed by atoms with Crippen molar-refractivity contribution in [2.24, 2.45) is 0 Å². The van der Waals surface area contributed by atoms with E-state index >= 15 is 0 Å². The van der Waals surface area contributed by atoms with Crippen molar-refractivity contribution >= 4 is 17.9 Å². The molecule has 0 aromatic rings. The van der Waals surface area contributed by atoms with Crippen molar-refractivity contribution in [2.45, 2.75) is 161 Å². The van der Waals surface area contributed by atoms with E-state index in [2.05, 4.69) is 62.5 Å². The third-order valence-electron chi connectivity index (χ3n) is 8.47. The molecule has 0 amide bonds. The number of rotatable bonds is 34. The highest BCUT2D eigenvalue weighted by molar-refractivity contribution is 5.70. The number of hydrogen-bond donors (Lipinski definition) is 0. The van der Waals surface area contributed by atoms with Crippen LogP contribution in [0.25, 0.3) is 0 Å². The fourth-order valence-corrected chi connectivity index (χ4v) is 5.36. The highest BCUT2D eigenvalue weighted by Crippen LogP contribution is 2.12. The molecule has 0 N–H and O–H groups in total. The number of unbranched alkanes of at least 4 members (excludes halogenated alkanes) is 12. The van der Waals surface area contributed by atoms with Gasteiger partial charge in [0, 0.05) is 19.3 Å². The Labute approximate surface area is 306 Å². The number of aliphatic carboxylic acids is 1. The minimum Gasteiger partial charge on any atom is -0.544 e. The Morgan fingerprint density at radius 1 is 0.600 bits per heavy atom. The van der Waals surface area contributed by atoms with Gasteiger partial charge in [-0.1, -0.05) is 127 Å². The van der Waals surface area contributed by atoms with Gasteiger partial charge in [0.15, 0.2) is 6.10 Å². The van der Waals surface area contributed by atoms with Gasteiger partial charge in [-0.05, 0) is 51.4 Å². The Morgan fingerprint density at radius 2 is 1.08 bits per heavy atom. The molecule has 288 valence electrons. The molecule has 0 aromatic heterocycles. The van der Waals surface area contributed by atoms with Crippen LogP contribution in [0.2, 0.25) is 0 Å². The molecule has 8 nitrogen and oxygen atoms in total. The number of nitrogens with zero attached hydrogens (tertiary/aromatic N) is 1. The molecule has 8 heteroatoms. The van der Waals surface area contributed by atoms with E-state index in [0.29, 0.717) is 12.8 Å². The van der Waals surface area contributed by atoms with Crippen LogP contribution in [0.1, 0.15) is 149 Å². The Bertz CT molecular complexity index is 964. The summed E-state index contributed by atoms with van der Waals surface area (Å²) in [5.74, 6) is -1.81. The largest absolute Gasteiger partial charge is 0.544 e. The number of carbonyl (C=O) groups excluding carboxylic acids is 3. The van der Waals surface area contributed by atoms with Gasteiger partial charge in [-0.2, -0.15) is 0 Å². The van der Waals surface area contributed by atoms with Crippen LogP contribution in [-0.4, -0.2) is 75.5 Å². The Kier molecular flexibility index (Phi) is 31.6. The Morgan fingerprint density at radius 3 is 1.62 bits per heavy atom. The molecular weight excluding hydrogens is 630 g/mol. The van der Waals surface area contributed by atoms with E-state index in [1.54, 1.807) is 21.1 Å². The van der Waals surface area contributed by atoms with E-state index in [1.807, 2.05) is 0 Å². The summed E-state index contributed by atoms with van der Waals surface area (Å²) in [5, 5.41) is 11.6. The van der Waals surface area contributed by atoms with Gasteiger partial charge in [0.2, 0.25) is 0 Å². The Hall–Kier alpha value is -2.71. The summed E-state index contributed by atoms with van der Waals surface area (Å²) in [7, 11) is 5.37. The number of quaternary nitrogens is 1. The molecule has 0 saturated carbocycles. The van der Waals surface area contributed by atoms with Gasteiger partial charge in [-0.3, -0.25) is 9.59 Å². The summed E-state index contributed by atoms with van der Waals surface area (Å²) < 4.78 is 17.0. The number of ether oxygens (including phenoxy) is 3. The molecule has 0 rings (SSSR count). The molecule has 2 atom stereocenters. The zero-order valence-electron chi connectivity index (χ0n) is 32.5. The van der Waals surface area contributed by atoms with Crippen molar-refractivity contribution in [3.05, 3.63) is 48.6 Å². The van der Waals surface area contributed by atoms with Crippen molar-refractivity contribution in [1.29, 1.82) is 0 Å². The van der Waals surface area contributed by atoms with E-state index in [0.717, 1.165) is 44.9 Å². The maximum absolute atomic E-state index is 12.6. The van der Waals surface area contributed by atoms with Crippen LogP contribution in [0.5, 0.6) is 0 Å². The zero-order chi connectivity index (χ0) is 37.1. The first-order valence-corrected chi connectivity index (χ1v) is 19.7. The highest BCUT2D eigenvalue weighted by atomic mass is 16.6. The summed E-state index contributed by atoms with van der Waals surface area (Å²) in [6.45, 7) is 4.53. The SMILES string of the molecule is CCCCC/C=C/C/C=C/C/C=C/C/C=C/CCCC(=O)OCC(COCCC(C(=O)[O-])[N+](C)(C)C)OC(=O)CCCCCCCCCCC. The molecule has 2 unspecified atom stereocenters. The third-order valence-corrected chi connectivity index (χ3v) is 8.47. The first kappa shape index (κ1) is 47.3. The first-order valence-electron chi connectivity index (χ1n) is 19.7. The number of carboxylic acid groups (broad SMARTS) is 1. The molecule has 0 saturated heterocycles. The third kappa shape index (κ3) is 31.3. The molecule has 0 radical (unpaired) electrons. The van der Waals surface area contributed by atoms with Gasteiger partial charge in [0.25, 0.3) is 0 Å². The van der Waals surface area contributed by atoms with Gasteiger partial charge in [0.05, 0.1) is 40.3 Å². The average molecular weight is 704 g/mol. The topological polar surface area (TPSA) is 102 Å². The van der Waals surface area contributed by atoms with Crippen molar-refractivity contribution in [1.82, 2.24) is 0 Å². The smallest absolute Gasteiger partial charge is 0.306 e. The predicted octanol–water partition coefficient (Wildman–Crippen LogP) is 8.74. The fourth-order valence-electron chi connectivity index (χ4n) is 5.36. The molecule has 0 aromatic carbocycles. The van der Waals surface area contributed by atoms with Crippen molar-refractivity contribution in [3.63, 3.8) is 0 Å². The van der Waals surface area contributed by atoms with Gasteiger partial charge >= 0.3 is 11.9 Å². The van der Waals surface area contributed by atoms with Crippen LogP contribution in [-0.2, 0) is 28.6 Å². The van der Waals surface area contributed by atoms with E-state index in [9.17, 15) is 19.5 Å². The second-order valence-electron chi connectivity index (χ2n) is 14.2. The maximum atomic E-state index is 12.6. The minimum absolute atomic E-state index is 0.0237. The second kappa shape index (κ2) is 33.4. The normalized spacial score (nSPS) is 13.5. The van der Waals surface area contributed by atoms with E-state index in [1.165, 1.54) is 64.2 Å². The lowest BCUT2D eigenvalue weighted by atomic mass is 10.1. The summed E-state index contributed by atoms with van der Waals surface area (Å²) in [5.41, 5.74) is 0. The monoisotopic (exact) mass is 704 g/mol. The summed E-state index contributed by atoms with van der Waals surface area (Å²) in [6, 6.07) is -0.731. The molecule has 0 aliphatic rings. The van der Waals surface area contributed by atoms with Crippen LogP contribution in [0.4, 0.5) is 0 Å². The number of likely N-dealkylation sites (N-methyl/N-ethyl adjacent to an activating group) is 1.